The van der Waals surface area contributed by atoms with Gasteiger partial charge in [-0.15, -0.1) is 0 Å². The number of ether oxygens (including phenoxy) is 2. The van der Waals surface area contributed by atoms with Crippen molar-refractivity contribution in [2.24, 2.45) is 5.92 Å². The lowest BCUT2D eigenvalue weighted by molar-refractivity contribution is -0.192. The number of thiophene rings is 1. The Morgan fingerprint density at radius 2 is 2.07 bits per heavy atom. The monoisotopic (exact) mass is 445 g/mol. The van der Waals surface area contributed by atoms with E-state index < -0.39 is 12.1 Å². The van der Waals surface area contributed by atoms with Gasteiger partial charge in [-0.1, -0.05) is 0 Å². The average molecular weight is 445 g/mol. The molecule has 2 fully saturated rings. The molecule has 2 aromatic rings. The summed E-state index contributed by atoms with van der Waals surface area (Å²) in [5.74, 6) is -2.33. The summed E-state index contributed by atoms with van der Waals surface area (Å²) in [5.41, 5.74) is 1.41. The summed E-state index contributed by atoms with van der Waals surface area (Å²) < 4.78 is 43.6. The molecule has 1 N–H and O–H groups in total. The minimum Gasteiger partial charge on any atom is -0.475 e. The fourth-order valence-corrected chi connectivity index (χ4v) is 4.33. The summed E-state index contributed by atoms with van der Waals surface area (Å²) in [6, 6.07) is 4.98. The molecule has 1 saturated carbocycles. The van der Waals surface area contributed by atoms with Gasteiger partial charge in [0.15, 0.2) is 0 Å². The second-order valence-electron chi connectivity index (χ2n) is 6.99. The van der Waals surface area contributed by atoms with Gasteiger partial charge in [0, 0.05) is 37.4 Å². The lowest BCUT2D eigenvalue weighted by Crippen LogP contribution is -2.50. The zero-order valence-corrected chi connectivity index (χ0v) is 16.8. The molecule has 1 saturated heterocycles. The van der Waals surface area contributed by atoms with E-state index >= 15 is 0 Å². The molecule has 0 bridgehead atoms. The van der Waals surface area contributed by atoms with E-state index in [0.717, 1.165) is 26.1 Å². The number of nitrogens with zero attached hydrogens (tertiary/aromatic N) is 3. The Hall–Kier alpha value is -2.24. The molecule has 3 atom stereocenters. The van der Waals surface area contributed by atoms with Crippen molar-refractivity contribution in [1.29, 1.82) is 0 Å². The topological polar surface area (TPSA) is 84.8 Å². The van der Waals surface area contributed by atoms with Crippen LogP contribution < -0.4 is 4.74 Å². The van der Waals surface area contributed by atoms with E-state index in [1.165, 1.54) is 12.0 Å². The Labute approximate surface area is 175 Å². The third-order valence-corrected chi connectivity index (χ3v) is 5.74. The highest BCUT2D eigenvalue weighted by atomic mass is 32.1. The molecule has 2 aliphatic rings. The van der Waals surface area contributed by atoms with E-state index in [9.17, 15) is 13.2 Å². The summed E-state index contributed by atoms with van der Waals surface area (Å²) in [5, 5.41) is 11.5. The van der Waals surface area contributed by atoms with Crippen LogP contribution in [0.25, 0.3) is 0 Å². The minimum atomic E-state index is -5.08. The highest BCUT2D eigenvalue weighted by Gasteiger charge is 2.43. The van der Waals surface area contributed by atoms with Crippen LogP contribution in [0.2, 0.25) is 0 Å². The van der Waals surface area contributed by atoms with E-state index in [0.29, 0.717) is 24.6 Å². The summed E-state index contributed by atoms with van der Waals surface area (Å²) in [7, 11) is 0. The molecule has 0 aromatic carbocycles. The maximum absolute atomic E-state index is 10.6. The molecule has 2 aromatic heterocycles. The molecular formula is C19H22F3N3O4S. The molecule has 0 spiro atoms. The third-order valence-electron chi connectivity index (χ3n) is 5.01. The zero-order chi connectivity index (χ0) is 21.6. The van der Waals surface area contributed by atoms with Gasteiger partial charge in [0.25, 0.3) is 0 Å². The van der Waals surface area contributed by atoms with Gasteiger partial charge in [-0.25, -0.2) is 14.8 Å². The number of carboxylic acid groups (broad SMARTS) is 1. The van der Waals surface area contributed by atoms with Crippen LogP contribution in [-0.2, 0) is 16.1 Å². The van der Waals surface area contributed by atoms with Crippen molar-refractivity contribution in [3.8, 4) is 6.01 Å². The second kappa shape index (κ2) is 10.2. The normalized spacial score (nSPS) is 23.9. The molecule has 3 unspecified atom stereocenters. The quantitative estimate of drug-likeness (QED) is 0.756. The van der Waals surface area contributed by atoms with Crippen LogP contribution in [0.1, 0.15) is 18.4 Å². The fraction of sp³-hybridized carbons (Fsp3) is 0.526. The van der Waals surface area contributed by atoms with Crippen LogP contribution >= 0.6 is 11.3 Å². The fourth-order valence-electron chi connectivity index (χ4n) is 3.67. The van der Waals surface area contributed by atoms with Gasteiger partial charge in [-0.3, -0.25) is 4.90 Å². The Kier molecular flexibility index (Phi) is 7.62. The van der Waals surface area contributed by atoms with Gasteiger partial charge in [0.05, 0.1) is 19.3 Å². The number of hydrogen-bond acceptors (Lipinski definition) is 7. The smallest absolute Gasteiger partial charge is 0.475 e. The lowest BCUT2D eigenvalue weighted by atomic mass is 10.0. The minimum absolute atomic E-state index is 0.270. The number of alkyl halides is 3. The van der Waals surface area contributed by atoms with Gasteiger partial charge in [-0.05, 0) is 41.3 Å². The van der Waals surface area contributed by atoms with Crippen LogP contribution in [0, 0.1) is 5.92 Å². The molecule has 0 radical (unpaired) electrons. The zero-order valence-electron chi connectivity index (χ0n) is 16.0. The first-order chi connectivity index (χ1) is 14.3. The van der Waals surface area contributed by atoms with Crippen LogP contribution in [0.3, 0.4) is 0 Å². The van der Waals surface area contributed by atoms with Crippen LogP contribution in [0.15, 0.2) is 35.3 Å². The molecule has 30 heavy (non-hydrogen) atoms. The van der Waals surface area contributed by atoms with E-state index in [2.05, 4.69) is 31.7 Å². The van der Waals surface area contributed by atoms with Crippen molar-refractivity contribution in [2.75, 3.05) is 19.8 Å². The predicted molar refractivity (Wildman–Crippen MR) is 102 cm³/mol. The highest BCUT2D eigenvalue weighted by Crippen LogP contribution is 2.35. The highest BCUT2D eigenvalue weighted by molar-refractivity contribution is 7.07. The van der Waals surface area contributed by atoms with Crippen LogP contribution in [-0.4, -0.2) is 64.0 Å². The van der Waals surface area contributed by atoms with Gasteiger partial charge < -0.3 is 14.6 Å². The standard InChI is InChI=1S/C17H21N3O2S.C2HF3O2/c1-5-18-17(19-6-1)22-11-14-2-3-15-16(14)21-8-7-20(15)10-13-4-9-23-12-13;3-2(4,5)1(6)7/h1,4-6,9,12,14-16H,2-3,7-8,10-11H2;(H,6,7). The van der Waals surface area contributed by atoms with Crippen molar-refractivity contribution >= 4 is 17.3 Å². The number of aromatic nitrogens is 2. The Balaban J connectivity index is 0.000000318. The molecule has 164 valence electrons. The number of halogens is 3. The summed E-state index contributed by atoms with van der Waals surface area (Å²) in [6.07, 6.45) is 0.922. The molecule has 7 nitrogen and oxygen atoms in total. The van der Waals surface area contributed by atoms with Crippen molar-refractivity contribution in [3.63, 3.8) is 0 Å². The lowest BCUT2D eigenvalue weighted by Gasteiger charge is -2.39. The number of morpholine rings is 1. The van der Waals surface area contributed by atoms with Crippen molar-refractivity contribution in [2.45, 2.75) is 37.7 Å². The molecule has 4 rings (SSSR count). The number of rotatable bonds is 5. The van der Waals surface area contributed by atoms with Crippen molar-refractivity contribution in [1.82, 2.24) is 14.9 Å². The SMILES string of the molecule is O=C(O)C(F)(F)F.c1cnc(OCC2CCC3C2OCCN3Cc2ccsc2)nc1. The Morgan fingerprint density at radius 1 is 1.33 bits per heavy atom. The Bertz CT molecular complexity index is 792. The summed E-state index contributed by atoms with van der Waals surface area (Å²) in [4.78, 5) is 19.7. The maximum Gasteiger partial charge on any atom is 0.490 e. The van der Waals surface area contributed by atoms with Gasteiger partial charge >= 0.3 is 18.2 Å². The van der Waals surface area contributed by atoms with Crippen molar-refractivity contribution < 1.29 is 32.5 Å². The van der Waals surface area contributed by atoms with Crippen molar-refractivity contribution in [3.05, 3.63) is 40.8 Å². The largest absolute Gasteiger partial charge is 0.490 e. The van der Waals surface area contributed by atoms with Crippen LogP contribution in [0.5, 0.6) is 6.01 Å². The van der Waals surface area contributed by atoms with E-state index in [1.807, 2.05) is 0 Å². The predicted octanol–water partition coefficient (Wildman–Crippen LogP) is 3.23. The van der Waals surface area contributed by atoms with Gasteiger partial charge in [0.2, 0.25) is 0 Å². The number of aliphatic carboxylic acids is 1. The van der Waals surface area contributed by atoms with Crippen LogP contribution in [0.4, 0.5) is 13.2 Å². The molecule has 1 aliphatic carbocycles. The first-order valence-corrected chi connectivity index (χ1v) is 10.4. The average Bonchev–Trinajstić information content (AvgIpc) is 3.37. The number of carboxylic acids is 1. The number of hydrogen-bond donors (Lipinski definition) is 1. The first kappa shape index (κ1) is 22.4. The summed E-state index contributed by atoms with van der Waals surface area (Å²) in [6.45, 7) is 3.50. The molecule has 11 heteroatoms. The summed E-state index contributed by atoms with van der Waals surface area (Å²) >= 11 is 1.77. The van der Waals surface area contributed by atoms with Gasteiger partial charge in [0.1, 0.15) is 0 Å². The maximum atomic E-state index is 10.6. The molecular weight excluding hydrogens is 423 g/mol. The molecule has 0 amide bonds. The number of fused-ring (bicyclic) bond motifs is 1. The first-order valence-electron chi connectivity index (χ1n) is 9.41. The second-order valence-corrected chi connectivity index (χ2v) is 7.77. The van der Waals surface area contributed by atoms with E-state index in [-0.39, 0.29) is 6.10 Å². The third kappa shape index (κ3) is 6.13. The number of carbonyl (C=O) groups is 1. The Morgan fingerprint density at radius 3 is 2.70 bits per heavy atom. The van der Waals surface area contributed by atoms with Gasteiger partial charge in [-0.2, -0.15) is 24.5 Å². The van der Waals surface area contributed by atoms with E-state index in [1.54, 1.807) is 29.8 Å². The molecule has 3 heterocycles. The van der Waals surface area contributed by atoms with E-state index in [4.69, 9.17) is 19.4 Å². The molecule has 1 aliphatic heterocycles.